The van der Waals surface area contributed by atoms with E-state index in [1.54, 1.807) is 0 Å². The number of halogens is 1. The summed E-state index contributed by atoms with van der Waals surface area (Å²) in [5.74, 6) is 0. The van der Waals surface area contributed by atoms with E-state index in [9.17, 15) is 0 Å². The zero-order chi connectivity index (χ0) is 6.91. The molecule has 0 bridgehead atoms. The predicted octanol–water partition coefficient (Wildman–Crippen LogP) is -2.17. The smallest absolute Gasteiger partial charge is 0.217 e. The molecule has 1 saturated heterocycles. The molecule has 0 aromatic heterocycles. The maximum Gasteiger partial charge on any atom is 0.217 e. The molecular formula is C7H16INO. The summed E-state index contributed by atoms with van der Waals surface area (Å²) in [5.41, 5.74) is 0. The van der Waals surface area contributed by atoms with Crippen LogP contribution in [0.5, 0.6) is 0 Å². The Kier molecular flexibility index (Phi) is 4.13. The highest BCUT2D eigenvalue weighted by Crippen LogP contribution is 2.20. The number of epoxide rings is 1. The fraction of sp³-hybridized carbons (Fsp3) is 1.00. The largest absolute Gasteiger partial charge is 1.00 e. The standard InChI is InChI=1S/C7H16NO.HI/c1-4-5-8(2,3)7-6-9-7;/h7H,4-6H2,1-3H3;1H/q+1;/p-1. The Balaban J connectivity index is 0.000000810. The molecular weight excluding hydrogens is 241 g/mol. The van der Waals surface area contributed by atoms with Crippen molar-refractivity contribution in [3.63, 3.8) is 0 Å². The lowest BCUT2D eigenvalue weighted by molar-refractivity contribution is -0.910. The van der Waals surface area contributed by atoms with E-state index < -0.39 is 0 Å². The SMILES string of the molecule is CCC[N+](C)(C)C1CO1.[I-]. The summed E-state index contributed by atoms with van der Waals surface area (Å²) in [4.78, 5) is 0. The van der Waals surface area contributed by atoms with Gasteiger partial charge in [0, 0.05) is 0 Å². The van der Waals surface area contributed by atoms with Crippen LogP contribution >= 0.6 is 0 Å². The molecule has 1 unspecified atom stereocenters. The molecule has 1 aliphatic rings. The second-order valence-electron chi connectivity index (χ2n) is 3.29. The minimum absolute atomic E-state index is 0. The van der Waals surface area contributed by atoms with Gasteiger partial charge in [0.25, 0.3) is 0 Å². The van der Waals surface area contributed by atoms with E-state index in [0.29, 0.717) is 6.23 Å². The van der Waals surface area contributed by atoms with Crippen LogP contribution in [-0.2, 0) is 4.74 Å². The van der Waals surface area contributed by atoms with Crippen LogP contribution in [-0.4, -0.2) is 38.0 Å². The number of quaternary nitrogens is 1. The molecule has 0 saturated carbocycles. The summed E-state index contributed by atoms with van der Waals surface area (Å²) in [6.07, 6.45) is 1.75. The molecule has 0 aromatic carbocycles. The normalized spacial score (nSPS) is 23.7. The van der Waals surface area contributed by atoms with Gasteiger partial charge in [-0.25, -0.2) is 0 Å². The van der Waals surface area contributed by atoms with Crippen molar-refractivity contribution >= 4 is 0 Å². The van der Waals surface area contributed by atoms with Crippen LogP contribution in [0.3, 0.4) is 0 Å². The van der Waals surface area contributed by atoms with Crippen molar-refractivity contribution in [3.05, 3.63) is 0 Å². The minimum Gasteiger partial charge on any atom is -1.00 e. The molecule has 2 nitrogen and oxygen atoms in total. The molecule has 0 radical (unpaired) electrons. The summed E-state index contributed by atoms with van der Waals surface area (Å²) in [6.45, 7) is 4.40. The second-order valence-corrected chi connectivity index (χ2v) is 3.29. The van der Waals surface area contributed by atoms with Gasteiger partial charge in [0.05, 0.1) is 20.6 Å². The number of hydrogen-bond acceptors (Lipinski definition) is 1. The molecule has 3 heteroatoms. The summed E-state index contributed by atoms with van der Waals surface area (Å²) >= 11 is 0. The third-order valence-electron chi connectivity index (χ3n) is 1.90. The van der Waals surface area contributed by atoms with E-state index in [1.807, 2.05) is 0 Å². The van der Waals surface area contributed by atoms with Crippen molar-refractivity contribution in [1.29, 1.82) is 0 Å². The first-order valence-corrected chi connectivity index (χ1v) is 3.61. The number of hydrogen-bond donors (Lipinski definition) is 0. The fourth-order valence-corrected chi connectivity index (χ4v) is 1.17. The van der Waals surface area contributed by atoms with Crippen LogP contribution in [0, 0.1) is 0 Å². The summed E-state index contributed by atoms with van der Waals surface area (Å²) in [7, 11) is 4.45. The highest BCUT2D eigenvalue weighted by molar-refractivity contribution is 4.55. The monoisotopic (exact) mass is 257 g/mol. The van der Waals surface area contributed by atoms with Gasteiger partial charge < -0.3 is 33.2 Å². The number of likely N-dealkylation sites (N-methyl/N-ethyl adjacent to an activating group) is 1. The van der Waals surface area contributed by atoms with Gasteiger partial charge >= 0.3 is 0 Å². The first kappa shape index (κ1) is 10.7. The predicted molar refractivity (Wildman–Crippen MR) is 37.0 cm³/mol. The highest BCUT2D eigenvalue weighted by Gasteiger charge is 2.38. The Morgan fingerprint density at radius 3 is 2.30 bits per heavy atom. The van der Waals surface area contributed by atoms with Gasteiger partial charge in [0.1, 0.15) is 6.61 Å². The van der Waals surface area contributed by atoms with Gasteiger partial charge in [-0.2, -0.15) is 0 Å². The minimum atomic E-state index is 0. The van der Waals surface area contributed by atoms with Crippen molar-refractivity contribution in [2.45, 2.75) is 19.6 Å². The molecule has 0 N–H and O–H groups in total. The van der Waals surface area contributed by atoms with E-state index in [0.717, 1.165) is 11.1 Å². The quantitative estimate of drug-likeness (QED) is 0.318. The summed E-state index contributed by atoms with van der Waals surface area (Å²) in [6, 6.07) is 0. The maximum atomic E-state index is 5.20. The van der Waals surface area contributed by atoms with Crippen LogP contribution < -0.4 is 24.0 Å². The van der Waals surface area contributed by atoms with E-state index in [2.05, 4.69) is 21.0 Å². The lowest BCUT2D eigenvalue weighted by Crippen LogP contribution is -3.00. The first-order chi connectivity index (χ1) is 4.17. The van der Waals surface area contributed by atoms with Gasteiger partial charge in [-0.05, 0) is 6.42 Å². The fourth-order valence-electron chi connectivity index (χ4n) is 1.17. The molecule has 10 heavy (non-hydrogen) atoms. The molecule has 1 fully saturated rings. The molecule has 0 aromatic rings. The molecule has 0 amide bonds. The van der Waals surface area contributed by atoms with Crippen molar-refractivity contribution in [3.8, 4) is 0 Å². The van der Waals surface area contributed by atoms with Crippen molar-refractivity contribution in [1.82, 2.24) is 0 Å². The van der Waals surface area contributed by atoms with Crippen LogP contribution in [0.15, 0.2) is 0 Å². The molecule has 1 heterocycles. The van der Waals surface area contributed by atoms with Gasteiger partial charge in [0.15, 0.2) is 0 Å². The lowest BCUT2D eigenvalue weighted by Gasteiger charge is -2.26. The summed E-state index contributed by atoms with van der Waals surface area (Å²) < 4.78 is 6.24. The number of ether oxygens (including phenoxy) is 1. The van der Waals surface area contributed by atoms with E-state index >= 15 is 0 Å². The average Bonchev–Trinajstić information content (AvgIpc) is 2.41. The second kappa shape index (κ2) is 3.88. The molecule has 1 atom stereocenters. The van der Waals surface area contributed by atoms with Crippen LogP contribution in [0.2, 0.25) is 0 Å². The number of nitrogens with zero attached hydrogens (tertiary/aromatic N) is 1. The van der Waals surface area contributed by atoms with Crippen molar-refractivity contribution in [2.24, 2.45) is 0 Å². The third-order valence-corrected chi connectivity index (χ3v) is 1.90. The Morgan fingerprint density at radius 1 is 1.50 bits per heavy atom. The van der Waals surface area contributed by atoms with Gasteiger partial charge in [-0.1, -0.05) is 6.92 Å². The van der Waals surface area contributed by atoms with Gasteiger partial charge in [-0.3, -0.25) is 0 Å². The van der Waals surface area contributed by atoms with E-state index in [4.69, 9.17) is 4.74 Å². The average molecular weight is 257 g/mol. The third kappa shape index (κ3) is 2.72. The molecule has 1 aliphatic heterocycles. The van der Waals surface area contributed by atoms with Crippen LogP contribution in [0.1, 0.15) is 13.3 Å². The van der Waals surface area contributed by atoms with E-state index in [1.165, 1.54) is 13.0 Å². The maximum absolute atomic E-state index is 5.20. The topological polar surface area (TPSA) is 12.5 Å². The molecule has 1 rings (SSSR count). The van der Waals surface area contributed by atoms with Crippen molar-refractivity contribution in [2.75, 3.05) is 27.2 Å². The molecule has 0 spiro atoms. The lowest BCUT2D eigenvalue weighted by atomic mass is 10.4. The molecule has 62 valence electrons. The van der Waals surface area contributed by atoms with Crippen LogP contribution in [0.4, 0.5) is 0 Å². The van der Waals surface area contributed by atoms with Gasteiger partial charge in [-0.15, -0.1) is 0 Å². The van der Waals surface area contributed by atoms with E-state index in [-0.39, 0.29) is 24.0 Å². The highest BCUT2D eigenvalue weighted by atomic mass is 127. The van der Waals surface area contributed by atoms with Crippen LogP contribution in [0.25, 0.3) is 0 Å². The van der Waals surface area contributed by atoms with Gasteiger partial charge in [0.2, 0.25) is 6.23 Å². The Bertz CT molecular complexity index is 102. The Morgan fingerprint density at radius 2 is 2.00 bits per heavy atom. The zero-order valence-electron chi connectivity index (χ0n) is 6.93. The first-order valence-electron chi connectivity index (χ1n) is 3.61. The number of rotatable bonds is 3. The van der Waals surface area contributed by atoms with Crippen molar-refractivity contribution < 1.29 is 33.2 Å². The molecule has 0 aliphatic carbocycles. The zero-order valence-corrected chi connectivity index (χ0v) is 9.09. The Labute approximate surface area is 80.2 Å². The summed E-state index contributed by atoms with van der Waals surface area (Å²) in [5, 5.41) is 0. The Hall–Kier alpha value is 0.650.